The SMILES string of the molecule is CC[C@H]1CCC2(C1)N[C@H](c1ccccc1)[C@@H](c1ccccc1)N2. The van der Waals surface area contributed by atoms with Crippen LogP contribution in [0.2, 0.25) is 0 Å². The summed E-state index contributed by atoms with van der Waals surface area (Å²) in [5.41, 5.74) is 2.87. The average Bonchev–Trinajstić information content (AvgIpc) is 3.21. The molecule has 4 rings (SSSR count). The molecule has 2 nitrogen and oxygen atoms in total. The van der Waals surface area contributed by atoms with Crippen molar-refractivity contribution in [3.05, 3.63) is 71.8 Å². The van der Waals surface area contributed by atoms with E-state index in [1.165, 1.54) is 36.8 Å². The first kappa shape index (κ1) is 14.9. The maximum absolute atomic E-state index is 3.98. The molecule has 1 heterocycles. The summed E-state index contributed by atoms with van der Waals surface area (Å²) < 4.78 is 0. The molecule has 1 saturated heterocycles. The van der Waals surface area contributed by atoms with Gasteiger partial charge in [-0.2, -0.15) is 0 Å². The molecule has 2 aromatic carbocycles. The fourth-order valence-corrected chi connectivity index (χ4v) is 4.43. The van der Waals surface area contributed by atoms with Gasteiger partial charge < -0.3 is 0 Å². The molecule has 0 aromatic heterocycles. The molecule has 3 atom stereocenters. The number of hydrogen-bond donors (Lipinski definition) is 2. The standard InChI is InChI=1S/C21H26N2/c1-2-16-13-14-21(15-16)22-19(17-9-5-3-6-10-17)20(23-21)18-11-7-4-8-12-18/h3-12,16,19-20,22-23H,2,13-15H2,1H3/t16-,19+,20+/m0/s1. The number of hydrogen-bond acceptors (Lipinski definition) is 2. The van der Waals surface area contributed by atoms with Crippen LogP contribution in [0.25, 0.3) is 0 Å². The molecular weight excluding hydrogens is 280 g/mol. The Hall–Kier alpha value is -1.64. The van der Waals surface area contributed by atoms with Crippen molar-refractivity contribution in [3.8, 4) is 0 Å². The van der Waals surface area contributed by atoms with Gasteiger partial charge >= 0.3 is 0 Å². The third-order valence-electron chi connectivity index (χ3n) is 5.71. The summed E-state index contributed by atoms with van der Waals surface area (Å²) in [6.45, 7) is 2.32. The van der Waals surface area contributed by atoms with Gasteiger partial charge in [-0.3, -0.25) is 10.6 Å². The zero-order valence-corrected chi connectivity index (χ0v) is 13.8. The largest absolute Gasteiger partial charge is 0.290 e. The lowest BCUT2D eigenvalue weighted by Crippen LogP contribution is -2.47. The van der Waals surface area contributed by atoms with Crippen LogP contribution in [0.3, 0.4) is 0 Å². The van der Waals surface area contributed by atoms with E-state index in [1.807, 2.05) is 0 Å². The molecular formula is C21H26N2. The van der Waals surface area contributed by atoms with Crippen LogP contribution in [0.5, 0.6) is 0 Å². The van der Waals surface area contributed by atoms with E-state index in [-0.39, 0.29) is 5.66 Å². The molecule has 1 aliphatic carbocycles. The first-order valence-electron chi connectivity index (χ1n) is 8.95. The van der Waals surface area contributed by atoms with Crippen LogP contribution in [-0.4, -0.2) is 5.66 Å². The predicted octanol–water partition coefficient (Wildman–Crippen LogP) is 4.57. The summed E-state index contributed by atoms with van der Waals surface area (Å²) in [7, 11) is 0. The van der Waals surface area contributed by atoms with Crippen LogP contribution in [-0.2, 0) is 0 Å². The molecule has 0 unspecified atom stereocenters. The van der Waals surface area contributed by atoms with Gasteiger partial charge in [-0.25, -0.2) is 0 Å². The van der Waals surface area contributed by atoms with Crippen LogP contribution in [0.1, 0.15) is 55.8 Å². The second-order valence-corrected chi connectivity index (χ2v) is 7.16. The first-order chi connectivity index (χ1) is 11.3. The second-order valence-electron chi connectivity index (χ2n) is 7.16. The van der Waals surface area contributed by atoms with Gasteiger partial charge in [0.15, 0.2) is 0 Å². The van der Waals surface area contributed by atoms with Crippen molar-refractivity contribution in [3.63, 3.8) is 0 Å². The van der Waals surface area contributed by atoms with Crippen LogP contribution in [0, 0.1) is 5.92 Å². The maximum Gasteiger partial charge on any atom is 0.0700 e. The number of rotatable bonds is 3. The highest BCUT2D eigenvalue weighted by Gasteiger charge is 2.48. The van der Waals surface area contributed by atoms with Crippen molar-refractivity contribution in [2.24, 2.45) is 5.92 Å². The van der Waals surface area contributed by atoms with Gasteiger partial charge in [0.25, 0.3) is 0 Å². The Balaban J connectivity index is 1.67. The van der Waals surface area contributed by atoms with Crippen molar-refractivity contribution >= 4 is 0 Å². The van der Waals surface area contributed by atoms with Gasteiger partial charge in [-0.1, -0.05) is 74.0 Å². The van der Waals surface area contributed by atoms with Crippen LogP contribution in [0.15, 0.2) is 60.7 Å². The Bertz CT molecular complexity index is 590. The normalized spacial score (nSPS) is 29.2. The van der Waals surface area contributed by atoms with Gasteiger partial charge in [-0.15, -0.1) is 0 Å². The molecule has 1 aliphatic heterocycles. The monoisotopic (exact) mass is 306 g/mol. The zero-order valence-electron chi connectivity index (χ0n) is 13.8. The minimum absolute atomic E-state index is 0.113. The van der Waals surface area contributed by atoms with Crippen LogP contribution < -0.4 is 10.6 Å². The molecule has 2 aliphatic rings. The Morgan fingerprint density at radius 3 is 1.83 bits per heavy atom. The van der Waals surface area contributed by atoms with E-state index in [1.54, 1.807) is 0 Å². The van der Waals surface area contributed by atoms with Gasteiger partial charge in [0.2, 0.25) is 0 Å². The van der Waals surface area contributed by atoms with Gasteiger partial charge in [-0.05, 0) is 36.3 Å². The highest BCUT2D eigenvalue weighted by atomic mass is 15.3. The molecule has 23 heavy (non-hydrogen) atoms. The van der Waals surface area contributed by atoms with E-state index in [9.17, 15) is 0 Å². The first-order valence-corrected chi connectivity index (χ1v) is 8.95. The van der Waals surface area contributed by atoms with Gasteiger partial charge in [0, 0.05) is 0 Å². The smallest absolute Gasteiger partial charge is 0.0700 e. The minimum Gasteiger partial charge on any atom is -0.290 e. The molecule has 1 saturated carbocycles. The molecule has 0 bridgehead atoms. The van der Waals surface area contributed by atoms with Crippen LogP contribution in [0.4, 0.5) is 0 Å². The van der Waals surface area contributed by atoms with E-state index in [0.717, 1.165) is 5.92 Å². The third kappa shape index (κ3) is 2.82. The Kier molecular flexibility index (Phi) is 3.96. The fourth-order valence-electron chi connectivity index (χ4n) is 4.43. The molecule has 2 N–H and O–H groups in total. The quantitative estimate of drug-likeness (QED) is 0.868. The number of benzene rings is 2. The molecule has 2 heteroatoms. The van der Waals surface area contributed by atoms with Crippen molar-refractivity contribution in [2.45, 2.75) is 50.4 Å². The topological polar surface area (TPSA) is 24.1 Å². The summed E-state index contributed by atoms with van der Waals surface area (Å²) in [5.74, 6) is 0.848. The lowest BCUT2D eigenvalue weighted by Gasteiger charge is -2.26. The fraction of sp³-hybridized carbons (Fsp3) is 0.429. The lowest BCUT2D eigenvalue weighted by atomic mass is 9.95. The van der Waals surface area contributed by atoms with Crippen molar-refractivity contribution in [1.29, 1.82) is 0 Å². The second kappa shape index (κ2) is 6.10. The zero-order chi connectivity index (χ0) is 15.7. The Morgan fingerprint density at radius 2 is 1.39 bits per heavy atom. The summed E-state index contributed by atoms with van der Waals surface area (Å²) in [4.78, 5) is 0. The highest BCUT2D eigenvalue weighted by molar-refractivity contribution is 5.31. The van der Waals surface area contributed by atoms with Crippen molar-refractivity contribution < 1.29 is 0 Å². The van der Waals surface area contributed by atoms with E-state index < -0.39 is 0 Å². The minimum atomic E-state index is 0.113. The highest BCUT2D eigenvalue weighted by Crippen LogP contribution is 2.45. The van der Waals surface area contributed by atoms with E-state index >= 15 is 0 Å². The summed E-state index contributed by atoms with van der Waals surface area (Å²) in [6, 6.07) is 22.5. The Labute approximate surface area is 139 Å². The molecule has 120 valence electrons. The summed E-state index contributed by atoms with van der Waals surface area (Å²) in [5, 5.41) is 7.97. The lowest BCUT2D eigenvalue weighted by molar-refractivity contribution is 0.311. The van der Waals surface area contributed by atoms with Crippen LogP contribution >= 0.6 is 0 Å². The number of nitrogens with one attached hydrogen (secondary N) is 2. The van der Waals surface area contributed by atoms with Crippen molar-refractivity contribution in [1.82, 2.24) is 10.6 Å². The van der Waals surface area contributed by atoms with Crippen molar-refractivity contribution in [2.75, 3.05) is 0 Å². The molecule has 1 spiro atoms. The summed E-state index contributed by atoms with van der Waals surface area (Å²) in [6.07, 6.45) is 5.10. The van der Waals surface area contributed by atoms with E-state index in [2.05, 4.69) is 78.2 Å². The molecule has 2 aromatic rings. The van der Waals surface area contributed by atoms with Gasteiger partial charge in [0.1, 0.15) is 0 Å². The molecule has 2 fully saturated rings. The predicted molar refractivity (Wildman–Crippen MR) is 95.0 cm³/mol. The summed E-state index contributed by atoms with van der Waals surface area (Å²) >= 11 is 0. The Morgan fingerprint density at radius 1 is 0.870 bits per heavy atom. The average molecular weight is 306 g/mol. The molecule has 0 radical (unpaired) electrons. The van der Waals surface area contributed by atoms with E-state index in [4.69, 9.17) is 0 Å². The maximum atomic E-state index is 3.98. The van der Waals surface area contributed by atoms with E-state index in [0.29, 0.717) is 12.1 Å². The van der Waals surface area contributed by atoms with Gasteiger partial charge in [0.05, 0.1) is 17.7 Å². The third-order valence-corrected chi connectivity index (χ3v) is 5.71. The molecule has 0 amide bonds.